The highest BCUT2D eigenvalue weighted by atomic mass is 79.9. The third kappa shape index (κ3) is 3.21. The molecule has 0 saturated heterocycles. The molecule has 2 heterocycles. The van der Waals surface area contributed by atoms with Gasteiger partial charge in [0, 0.05) is 16.9 Å². The fourth-order valence-corrected chi connectivity index (χ4v) is 1.65. The number of hydrogen-bond donors (Lipinski definition) is 2. The van der Waals surface area contributed by atoms with Crippen molar-refractivity contribution in [2.45, 2.75) is 13.0 Å². The van der Waals surface area contributed by atoms with Gasteiger partial charge in [0.25, 0.3) is 5.91 Å². The quantitative estimate of drug-likeness (QED) is 0.887. The number of aromatic nitrogens is 3. The molecule has 8 heteroatoms. The monoisotopic (exact) mass is 338 g/mol. The van der Waals surface area contributed by atoms with E-state index >= 15 is 0 Å². The Bertz CT molecular complexity index is 638. The van der Waals surface area contributed by atoms with Crippen LogP contribution in [-0.4, -0.2) is 31.7 Å². The van der Waals surface area contributed by atoms with Crippen LogP contribution in [0.3, 0.4) is 0 Å². The number of carbonyl (C=O) groups is 2. The normalized spacial score (nSPS) is 11.9. The number of rotatable bonds is 4. The molecule has 0 aliphatic rings. The first-order chi connectivity index (χ1) is 9.47. The minimum Gasteiger partial charge on any atom is -0.480 e. The van der Waals surface area contributed by atoms with E-state index in [1.54, 1.807) is 18.3 Å². The van der Waals surface area contributed by atoms with E-state index < -0.39 is 17.9 Å². The van der Waals surface area contributed by atoms with Crippen LogP contribution in [0.15, 0.2) is 35.1 Å². The first kappa shape index (κ1) is 14.2. The summed E-state index contributed by atoms with van der Waals surface area (Å²) in [5.41, 5.74) is 0.128. The van der Waals surface area contributed by atoms with Gasteiger partial charge in [-0.2, -0.15) is 5.10 Å². The van der Waals surface area contributed by atoms with E-state index in [1.165, 1.54) is 23.9 Å². The SMILES string of the molecule is CC(C(=O)O)n1ccc(C(=O)Nc2ccc(Br)cn2)n1. The summed E-state index contributed by atoms with van der Waals surface area (Å²) in [7, 11) is 0. The molecule has 0 aliphatic carbocycles. The van der Waals surface area contributed by atoms with Gasteiger partial charge in [0.1, 0.15) is 11.9 Å². The van der Waals surface area contributed by atoms with Crippen LogP contribution in [0.1, 0.15) is 23.5 Å². The van der Waals surface area contributed by atoms with Gasteiger partial charge < -0.3 is 10.4 Å². The van der Waals surface area contributed by atoms with Crippen molar-refractivity contribution in [3.63, 3.8) is 0 Å². The average molecular weight is 339 g/mol. The van der Waals surface area contributed by atoms with Crippen LogP contribution in [0.2, 0.25) is 0 Å². The zero-order valence-corrected chi connectivity index (χ0v) is 12.0. The minimum absolute atomic E-state index is 0.128. The second-order valence-corrected chi connectivity index (χ2v) is 4.93. The Morgan fingerprint density at radius 2 is 2.15 bits per heavy atom. The summed E-state index contributed by atoms with van der Waals surface area (Å²) in [6, 6.07) is 4.00. The van der Waals surface area contributed by atoms with E-state index in [4.69, 9.17) is 5.11 Å². The number of carboxylic acids is 1. The van der Waals surface area contributed by atoms with Crippen molar-refractivity contribution in [2.75, 3.05) is 5.32 Å². The van der Waals surface area contributed by atoms with Crippen LogP contribution < -0.4 is 5.32 Å². The molecule has 2 aromatic heterocycles. The predicted molar refractivity (Wildman–Crippen MR) is 74.5 cm³/mol. The Labute approximate surface area is 122 Å². The third-order valence-corrected chi connectivity index (χ3v) is 3.03. The van der Waals surface area contributed by atoms with E-state index in [0.29, 0.717) is 5.82 Å². The van der Waals surface area contributed by atoms with Crippen LogP contribution in [0, 0.1) is 0 Å². The molecule has 0 bridgehead atoms. The molecule has 1 amide bonds. The van der Waals surface area contributed by atoms with Crippen molar-refractivity contribution in [3.05, 3.63) is 40.8 Å². The van der Waals surface area contributed by atoms with Crippen LogP contribution in [-0.2, 0) is 4.79 Å². The number of carboxylic acid groups (broad SMARTS) is 1. The molecule has 2 rings (SSSR count). The summed E-state index contributed by atoms with van der Waals surface area (Å²) in [5.74, 6) is -1.08. The van der Waals surface area contributed by atoms with Crippen molar-refractivity contribution in [3.8, 4) is 0 Å². The fourth-order valence-electron chi connectivity index (χ4n) is 1.42. The Balaban J connectivity index is 2.10. The first-order valence-corrected chi connectivity index (χ1v) is 6.47. The molecule has 0 aliphatic heterocycles. The van der Waals surface area contributed by atoms with Crippen molar-refractivity contribution >= 4 is 33.6 Å². The fraction of sp³-hybridized carbons (Fsp3) is 0.167. The lowest BCUT2D eigenvalue weighted by Gasteiger charge is -2.05. The number of anilines is 1. The zero-order chi connectivity index (χ0) is 14.7. The highest BCUT2D eigenvalue weighted by Gasteiger charge is 2.17. The van der Waals surface area contributed by atoms with Crippen LogP contribution in [0.25, 0.3) is 0 Å². The Morgan fingerprint density at radius 1 is 1.40 bits per heavy atom. The standard InChI is InChI=1S/C12H11BrN4O3/c1-7(12(19)20)17-5-4-9(16-17)11(18)15-10-3-2-8(13)6-14-10/h2-7H,1H3,(H,19,20)(H,14,15,18). The van der Waals surface area contributed by atoms with Crippen molar-refractivity contribution < 1.29 is 14.7 Å². The van der Waals surface area contributed by atoms with E-state index in [0.717, 1.165) is 4.47 Å². The molecule has 2 N–H and O–H groups in total. The van der Waals surface area contributed by atoms with Gasteiger partial charge in [-0.15, -0.1) is 0 Å². The lowest BCUT2D eigenvalue weighted by Crippen LogP contribution is -2.18. The predicted octanol–water partition coefficient (Wildman–Crippen LogP) is 1.94. The lowest BCUT2D eigenvalue weighted by molar-refractivity contribution is -0.140. The topological polar surface area (TPSA) is 97.1 Å². The number of nitrogens with zero attached hydrogens (tertiary/aromatic N) is 3. The smallest absolute Gasteiger partial charge is 0.328 e. The van der Waals surface area contributed by atoms with Crippen LogP contribution in [0.4, 0.5) is 5.82 Å². The van der Waals surface area contributed by atoms with Gasteiger partial charge in [-0.05, 0) is 41.1 Å². The highest BCUT2D eigenvalue weighted by Crippen LogP contribution is 2.12. The maximum atomic E-state index is 11.9. The second-order valence-electron chi connectivity index (χ2n) is 4.01. The number of halogens is 1. The summed E-state index contributed by atoms with van der Waals surface area (Å²) in [4.78, 5) is 26.8. The van der Waals surface area contributed by atoms with E-state index in [9.17, 15) is 9.59 Å². The van der Waals surface area contributed by atoms with Crippen molar-refractivity contribution in [1.29, 1.82) is 0 Å². The van der Waals surface area contributed by atoms with E-state index in [-0.39, 0.29) is 5.69 Å². The molecule has 1 atom stereocenters. The maximum Gasteiger partial charge on any atom is 0.328 e. The number of aliphatic carboxylic acids is 1. The minimum atomic E-state index is -1.02. The van der Waals surface area contributed by atoms with Crippen molar-refractivity contribution in [1.82, 2.24) is 14.8 Å². The number of amides is 1. The summed E-state index contributed by atoms with van der Waals surface area (Å²) in [6.07, 6.45) is 3.00. The van der Waals surface area contributed by atoms with Gasteiger partial charge in [-0.25, -0.2) is 9.78 Å². The Kier molecular flexibility index (Phi) is 4.14. The van der Waals surface area contributed by atoms with Gasteiger partial charge in [0.05, 0.1) is 0 Å². The Hall–Kier alpha value is -2.22. The van der Waals surface area contributed by atoms with E-state index in [1.807, 2.05) is 0 Å². The summed E-state index contributed by atoms with van der Waals surface area (Å²) >= 11 is 3.24. The molecule has 0 fully saturated rings. The van der Waals surface area contributed by atoms with E-state index in [2.05, 4.69) is 31.3 Å². The average Bonchev–Trinajstić information content (AvgIpc) is 2.90. The van der Waals surface area contributed by atoms with Crippen LogP contribution in [0.5, 0.6) is 0 Å². The molecule has 0 radical (unpaired) electrons. The molecule has 2 aromatic rings. The largest absolute Gasteiger partial charge is 0.480 e. The Morgan fingerprint density at radius 3 is 2.75 bits per heavy atom. The molecular formula is C12H11BrN4O3. The molecular weight excluding hydrogens is 328 g/mol. The zero-order valence-electron chi connectivity index (χ0n) is 10.4. The number of carbonyl (C=O) groups excluding carboxylic acids is 1. The molecule has 7 nitrogen and oxygen atoms in total. The third-order valence-electron chi connectivity index (χ3n) is 2.56. The molecule has 20 heavy (non-hydrogen) atoms. The van der Waals surface area contributed by atoms with Gasteiger partial charge >= 0.3 is 5.97 Å². The number of nitrogens with one attached hydrogen (secondary N) is 1. The molecule has 1 unspecified atom stereocenters. The number of hydrogen-bond acceptors (Lipinski definition) is 4. The second kappa shape index (κ2) is 5.83. The van der Waals surface area contributed by atoms with Gasteiger partial charge in [0.15, 0.2) is 5.69 Å². The van der Waals surface area contributed by atoms with Gasteiger partial charge in [0.2, 0.25) is 0 Å². The summed E-state index contributed by atoms with van der Waals surface area (Å²) in [6.45, 7) is 1.48. The maximum absolute atomic E-state index is 11.9. The summed E-state index contributed by atoms with van der Waals surface area (Å²) < 4.78 is 2.02. The van der Waals surface area contributed by atoms with Crippen LogP contribution >= 0.6 is 15.9 Å². The first-order valence-electron chi connectivity index (χ1n) is 5.68. The lowest BCUT2D eigenvalue weighted by atomic mass is 10.3. The van der Waals surface area contributed by atoms with Gasteiger partial charge in [-0.1, -0.05) is 0 Å². The molecule has 0 saturated carbocycles. The molecule has 0 aromatic carbocycles. The number of pyridine rings is 1. The molecule has 0 spiro atoms. The molecule has 104 valence electrons. The van der Waals surface area contributed by atoms with Crippen molar-refractivity contribution in [2.24, 2.45) is 0 Å². The highest BCUT2D eigenvalue weighted by molar-refractivity contribution is 9.10. The van der Waals surface area contributed by atoms with Gasteiger partial charge in [-0.3, -0.25) is 9.48 Å². The summed E-state index contributed by atoms with van der Waals surface area (Å²) in [5, 5.41) is 15.4.